The number of anilines is 3. The molecule has 0 saturated carbocycles. The number of fused-ring (bicyclic) bond motifs is 6. The number of hydrogen-bond acceptors (Lipinski definition) is 3. The van der Waals surface area contributed by atoms with Gasteiger partial charge in [0.1, 0.15) is 22.3 Å². The Kier molecular flexibility index (Phi) is 7.15. The van der Waals surface area contributed by atoms with Crippen LogP contribution in [0.25, 0.3) is 43.9 Å². The van der Waals surface area contributed by atoms with Crippen LogP contribution in [0.2, 0.25) is 0 Å². The van der Waals surface area contributed by atoms with E-state index in [0.717, 1.165) is 60.9 Å². The average molecular weight is 684 g/mol. The van der Waals surface area contributed by atoms with Crippen LogP contribution in [0.1, 0.15) is 0 Å². The van der Waals surface area contributed by atoms with Crippen LogP contribution in [0.5, 0.6) is 0 Å². The molecule has 4 heteroatoms. The van der Waals surface area contributed by atoms with E-state index < -0.39 is 8.07 Å². The Morgan fingerprint density at radius 3 is 1.29 bits per heavy atom. The number of para-hydroxylation sites is 2. The minimum Gasteiger partial charge on any atom is -0.456 e. The van der Waals surface area contributed by atoms with Gasteiger partial charge in [-0.2, -0.15) is 0 Å². The van der Waals surface area contributed by atoms with Gasteiger partial charge in [-0.1, -0.05) is 140 Å². The maximum absolute atomic E-state index is 6.41. The minimum absolute atomic E-state index is 0.860. The van der Waals surface area contributed by atoms with Gasteiger partial charge >= 0.3 is 0 Å². The van der Waals surface area contributed by atoms with Crippen molar-refractivity contribution in [3.63, 3.8) is 0 Å². The monoisotopic (exact) mass is 683 g/mol. The highest BCUT2D eigenvalue weighted by Crippen LogP contribution is 2.40. The molecule has 0 bridgehead atoms. The molecule has 8 aromatic carbocycles. The topological polar surface area (TPSA) is 29.5 Å². The molecule has 10 rings (SSSR count). The Bertz CT molecular complexity index is 2750. The number of rotatable bonds is 7. The predicted octanol–water partition coefficient (Wildman–Crippen LogP) is 10.3. The first-order valence-corrected chi connectivity index (χ1v) is 19.7. The highest BCUT2D eigenvalue weighted by atomic mass is 28.3. The lowest BCUT2D eigenvalue weighted by Crippen LogP contribution is -2.74. The van der Waals surface area contributed by atoms with E-state index in [0.29, 0.717) is 0 Å². The first kappa shape index (κ1) is 30.2. The van der Waals surface area contributed by atoms with Crippen LogP contribution < -0.4 is 25.6 Å². The maximum Gasteiger partial charge on any atom is 0.179 e. The summed E-state index contributed by atoms with van der Waals surface area (Å²) in [7, 11) is -2.68. The highest BCUT2D eigenvalue weighted by molar-refractivity contribution is 7.19. The van der Waals surface area contributed by atoms with Crippen LogP contribution in [0.15, 0.2) is 209 Å². The second-order valence-electron chi connectivity index (χ2n) is 13.3. The standard InChI is InChI=1S/C48H33NO2Si/c1-4-14-37(15-5-1)52(38-16-6-2-7-17-38,39-18-8-3-9-19-39)40-28-24-34(25-29-40)49(35-27-31-47-44(32-35)42-21-11-13-23-46(42)50-47)36-26-30-43-41-20-10-12-22-45(41)51-48(43)33-36/h1-33H. The van der Waals surface area contributed by atoms with E-state index >= 15 is 0 Å². The third-order valence-corrected chi connectivity index (χ3v) is 15.2. The largest absolute Gasteiger partial charge is 0.456 e. The molecule has 3 nitrogen and oxygen atoms in total. The van der Waals surface area contributed by atoms with Crippen LogP contribution in [0.3, 0.4) is 0 Å². The van der Waals surface area contributed by atoms with E-state index in [9.17, 15) is 0 Å². The van der Waals surface area contributed by atoms with E-state index in [1.165, 1.54) is 20.7 Å². The molecule has 0 N–H and O–H groups in total. The molecule has 0 aliphatic rings. The van der Waals surface area contributed by atoms with Crippen LogP contribution in [-0.4, -0.2) is 8.07 Å². The van der Waals surface area contributed by atoms with Crippen molar-refractivity contribution in [1.82, 2.24) is 0 Å². The van der Waals surface area contributed by atoms with E-state index in [2.05, 4.69) is 181 Å². The summed E-state index contributed by atoms with van der Waals surface area (Å²) in [5, 5.41) is 9.79. The molecule has 0 fully saturated rings. The van der Waals surface area contributed by atoms with Gasteiger partial charge in [-0.3, -0.25) is 0 Å². The van der Waals surface area contributed by atoms with Crippen molar-refractivity contribution >= 4 is 89.8 Å². The van der Waals surface area contributed by atoms with Crippen molar-refractivity contribution in [2.75, 3.05) is 4.90 Å². The van der Waals surface area contributed by atoms with E-state index in [1.807, 2.05) is 24.3 Å². The Morgan fingerprint density at radius 1 is 0.288 bits per heavy atom. The average Bonchev–Trinajstić information content (AvgIpc) is 3.78. The Labute approximate surface area is 302 Å². The highest BCUT2D eigenvalue weighted by Gasteiger charge is 2.41. The number of nitrogens with zero attached hydrogens (tertiary/aromatic N) is 1. The SMILES string of the molecule is c1ccc([Si](c2ccccc2)(c2ccccc2)c2ccc(N(c3ccc4c(c3)oc3ccccc34)c3ccc4oc5ccccc5c4c3)cc2)cc1. The molecule has 0 aliphatic heterocycles. The summed E-state index contributed by atoms with van der Waals surface area (Å²) in [6, 6.07) is 72.0. The van der Waals surface area contributed by atoms with Crippen molar-refractivity contribution in [3.8, 4) is 0 Å². The zero-order chi connectivity index (χ0) is 34.5. The Balaban J connectivity index is 1.19. The van der Waals surface area contributed by atoms with Crippen LogP contribution in [0, 0.1) is 0 Å². The fourth-order valence-electron chi connectivity index (χ4n) is 8.08. The van der Waals surface area contributed by atoms with E-state index in [4.69, 9.17) is 8.83 Å². The number of furan rings is 2. The zero-order valence-corrected chi connectivity index (χ0v) is 29.3. The summed E-state index contributed by atoms with van der Waals surface area (Å²) in [5.41, 5.74) is 6.63. The molecule has 2 aromatic heterocycles. The summed E-state index contributed by atoms with van der Waals surface area (Å²) in [6.07, 6.45) is 0. The minimum atomic E-state index is -2.68. The van der Waals surface area contributed by atoms with Gasteiger partial charge in [-0.25, -0.2) is 0 Å². The predicted molar refractivity (Wildman–Crippen MR) is 219 cm³/mol. The molecule has 0 atom stereocenters. The summed E-state index contributed by atoms with van der Waals surface area (Å²) in [4.78, 5) is 2.33. The van der Waals surface area contributed by atoms with Gasteiger partial charge in [0, 0.05) is 44.7 Å². The Hall–Kier alpha value is -6.62. The smallest absolute Gasteiger partial charge is 0.179 e. The second-order valence-corrected chi connectivity index (χ2v) is 17.1. The number of benzene rings is 8. The second kappa shape index (κ2) is 12.3. The summed E-state index contributed by atoms with van der Waals surface area (Å²) in [6.45, 7) is 0. The summed E-state index contributed by atoms with van der Waals surface area (Å²) in [5.74, 6) is 0. The van der Waals surface area contributed by atoms with Gasteiger partial charge in [0.2, 0.25) is 0 Å². The molecule has 0 amide bonds. The van der Waals surface area contributed by atoms with E-state index in [1.54, 1.807) is 0 Å². The van der Waals surface area contributed by atoms with Crippen molar-refractivity contribution in [2.24, 2.45) is 0 Å². The maximum atomic E-state index is 6.41. The quantitative estimate of drug-likeness (QED) is 0.124. The van der Waals surface area contributed by atoms with Crippen LogP contribution >= 0.6 is 0 Å². The molecule has 2 heterocycles. The normalized spacial score (nSPS) is 11.8. The third kappa shape index (κ3) is 4.80. The molecule has 10 aromatic rings. The first-order chi connectivity index (χ1) is 25.8. The fourth-order valence-corrected chi connectivity index (χ4v) is 12.8. The first-order valence-electron chi connectivity index (χ1n) is 17.7. The molecule has 0 radical (unpaired) electrons. The van der Waals surface area contributed by atoms with Gasteiger partial charge < -0.3 is 13.7 Å². The van der Waals surface area contributed by atoms with Crippen molar-refractivity contribution < 1.29 is 8.83 Å². The Morgan fingerprint density at radius 2 is 0.692 bits per heavy atom. The van der Waals surface area contributed by atoms with Crippen LogP contribution in [-0.2, 0) is 0 Å². The molecule has 246 valence electrons. The van der Waals surface area contributed by atoms with Gasteiger partial charge in [0.05, 0.1) is 0 Å². The van der Waals surface area contributed by atoms with Gasteiger partial charge in [-0.15, -0.1) is 0 Å². The van der Waals surface area contributed by atoms with Gasteiger partial charge in [0.25, 0.3) is 0 Å². The third-order valence-electron chi connectivity index (χ3n) is 10.4. The van der Waals surface area contributed by atoms with Gasteiger partial charge in [0.15, 0.2) is 8.07 Å². The van der Waals surface area contributed by atoms with Crippen molar-refractivity contribution in [1.29, 1.82) is 0 Å². The van der Waals surface area contributed by atoms with Crippen LogP contribution in [0.4, 0.5) is 17.1 Å². The molecular formula is C48H33NO2Si. The lowest BCUT2D eigenvalue weighted by atomic mass is 10.1. The molecule has 0 unspecified atom stereocenters. The number of hydrogen-bond donors (Lipinski definition) is 0. The summed E-state index contributed by atoms with van der Waals surface area (Å²) >= 11 is 0. The molecular weight excluding hydrogens is 651 g/mol. The molecule has 52 heavy (non-hydrogen) atoms. The molecule has 0 aliphatic carbocycles. The lowest BCUT2D eigenvalue weighted by Gasteiger charge is -2.35. The fraction of sp³-hybridized carbons (Fsp3) is 0. The van der Waals surface area contributed by atoms with Crippen molar-refractivity contribution in [3.05, 3.63) is 200 Å². The van der Waals surface area contributed by atoms with E-state index in [-0.39, 0.29) is 0 Å². The zero-order valence-electron chi connectivity index (χ0n) is 28.3. The van der Waals surface area contributed by atoms with Crippen molar-refractivity contribution in [2.45, 2.75) is 0 Å². The molecule has 0 spiro atoms. The lowest BCUT2D eigenvalue weighted by molar-refractivity contribution is 0.668. The van der Waals surface area contributed by atoms with Gasteiger partial charge in [-0.05, 0) is 75.3 Å². The summed E-state index contributed by atoms with van der Waals surface area (Å²) < 4.78 is 12.6. The molecule has 0 saturated heterocycles.